The first kappa shape index (κ1) is 23.8. The third kappa shape index (κ3) is 4.89. The van der Waals surface area contributed by atoms with Crippen LogP contribution in [0.2, 0.25) is 0 Å². The van der Waals surface area contributed by atoms with Gasteiger partial charge in [-0.2, -0.15) is 0 Å². The summed E-state index contributed by atoms with van der Waals surface area (Å²) >= 11 is 0. The first-order chi connectivity index (χ1) is 18.2. The number of rotatable bonds is 6. The summed E-state index contributed by atoms with van der Waals surface area (Å²) in [5.74, 6) is 2.06. The minimum Gasteiger partial charge on any atom is -0.396 e. The molecule has 9 heteroatoms. The van der Waals surface area contributed by atoms with Gasteiger partial charge in [0.15, 0.2) is 5.65 Å². The SMILES string of the molecule is OCCC1CCN(c2cccc(-c3cnc4ccc(N5CCOCC5c5cccc(F)c5)nn34)n2)CC1. The van der Waals surface area contributed by atoms with Gasteiger partial charge in [0.25, 0.3) is 0 Å². The van der Waals surface area contributed by atoms with Crippen LogP contribution in [0.1, 0.15) is 30.9 Å². The maximum atomic E-state index is 14.0. The molecule has 3 aromatic heterocycles. The minimum absolute atomic E-state index is 0.128. The zero-order valence-electron chi connectivity index (χ0n) is 20.7. The van der Waals surface area contributed by atoms with Gasteiger partial charge in [-0.3, -0.25) is 0 Å². The van der Waals surface area contributed by atoms with Gasteiger partial charge in [0.05, 0.1) is 31.1 Å². The lowest BCUT2D eigenvalue weighted by Crippen LogP contribution is -2.40. The number of aromatic nitrogens is 4. The van der Waals surface area contributed by atoms with Crippen LogP contribution in [0.25, 0.3) is 17.0 Å². The molecule has 0 aliphatic carbocycles. The number of fused-ring (bicyclic) bond motifs is 1. The van der Waals surface area contributed by atoms with E-state index in [0.29, 0.717) is 25.7 Å². The number of benzene rings is 1. The molecule has 1 atom stereocenters. The molecular weight excluding hydrogens is 471 g/mol. The first-order valence-electron chi connectivity index (χ1n) is 13.0. The molecule has 6 rings (SSSR count). The summed E-state index contributed by atoms with van der Waals surface area (Å²) in [6.45, 7) is 3.85. The molecule has 0 bridgehead atoms. The van der Waals surface area contributed by atoms with Crippen molar-refractivity contribution in [1.29, 1.82) is 0 Å². The number of aliphatic hydroxyl groups excluding tert-OH is 1. The van der Waals surface area contributed by atoms with Crippen molar-refractivity contribution in [2.45, 2.75) is 25.3 Å². The normalized spacial score (nSPS) is 19.0. The number of hydrogen-bond donors (Lipinski definition) is 1. The van der Waals surface area contributed by atoms with Crippen molar-refractivity contribution in [2.24, 2.45) is 5.92 Å². The van der Waals surface area contributed by atoms with E-state index in [4.69, 9.17) is 14.8 Å². The zero-order chi connectivity index (χ0) is 25.2. The molecule has 0 spiro atoms. The molecule has 8 nitrogen and oxygen atoms in total. The number of halogens is 1. The van der Waals surface area contributed by atoms with E-state index in [2.05, 4.69) is 20.9 Å². The van der Waals surface area contributed by atoms with Crippen molar-refractivity contribution in [3.8, 4) is 11.4 Å². The summed E-state index contributed by atoms with van der Waals surface area (Å²) in [6, 6.07) is 16.5. The lowest BCUT2D eigenvalue weighted by atomic mass is 9.94. The number of hydrogen-bond acceptors (Lipinski definition) is 7. The minimum atomic E-state index is -0.257. The van der Waals surface area contributed by atoms with Gasteiger partial charge < -0.3 is 19.6 Å². The van der Waals surface area contributed by atoms with Crippen LogP contribution in [0.15, 0.2) is 60.8 Å². The van der Waals surface area contributed by atoms with E-state index in [9.17, 15) is 9.50 Å². The molecule has 0 radical (unpaired) electrons. The zero-order valence-corrected chi connectivity index (χ0v) is 20.7. The van der Waals surface area contributed by atoms with E-state index in [-0.39, 0.29) is 18.5 Å². The van der Waals surface area contributed by atoms with E-state index in [1.54, 1.807) is 12.1 Å². The Morgan fingerprint density at radius 1 is 1.00 bits per heavy atom. The molecule has 2 aliphatic heterocycles. The van der Waals surface area contributed by atoms with E-state index in [1.165, 1.54) is 6.07 Å². The second-order valence-electron chi connectivity index (χ2n) is 9.77. The number of piperidine rings is 1. The Balaban J connectivity index is 1.30. The quantitative estimate of drug-likeness (QED) is 0.425. The maximum Gasteiger partial charge on any atom is 0.154 e. The topological polar surface area (TPSA) is 79.0 Å². The lowest BCUT2D eigenvalue weighted by Gasteiger charge is -2.36. The summed E-state index contributed by atoms with van der Waals surface area (Å²) in [7, 11) is 0. The highest BCUT2D eigenvalue weighted by Crippen LogP contribution is 2.31. The fourth-order valence-corrected chi connectivity index (χ4v) is 5.43. The maximum absolute atomic E-state index is 14.0. The van der Waals surface area contributed by atoms with Crippen LogP contribution in [-0.2, 0) is 4.74 Å². The van der Waals surface area contributed by atoms with E-state index in [1.807, 2.05) is 41.0 Å². The van der Waals surface area contributed by atoms with Gasteiger partial charge >= 0.3 is 0 Å². The van der Waals surface area contributed by atoms with Gasteiger partial charge in [-0.05, 0) is 67.1 Å². The summed E-state index contributed by atoms with van der Waals surface area (Å²) in [5, 5.41) is 14.2. The van der Waals surface area contributed by atoms with Gasteiger partial charge in [-0.25, -0.2) is 18.9 Å². The summed E-state index contributed by atoms with van der Waals surface area (Å²) in [4.78, 5) is 14.0. The largest absolute Gasteiger partial charge is 0.396 e. The molecule has 37 heavy (non-hydrogen) atoms. The molecule has 192 valence electrons. The Bertz CT molecular complexity index is 1370. The highest BCUT2D eigenvalue weighted by Gasteiger charge is 2.27. The van der Waals surface area contributed by atoms with Crippen LogP contribution in [0.4, 0.5) is 16.0 Å². The van der Waals surface area contributed by atoms with Crippen molar-refractivity contribution in [1.82, 2.24) is 19.6 Å². The van der Waals surface area contributed by atoms with Gasteiger partial charge in [-0.1, -0.05) is 18.2 Å². The molecule has 1 aromatic carbocycles. The fourth-order valence-electron chi connectivity index (χ4n) is 5.43. The average molecular weight is 503 g/mol. The van der Waals surface area contributed by atoms with Gasteiger partial charge in [0.1, 0.15) is 23.1 Å². The van der Waals surface area contributed by atoms with Crippen LogP contribution in [-0.4, -0.2) is 64.1 Å². The van der Waals surface area contributed by atoms with Crippen LogP contribution < -0.4 is 9.80 Å². The second-order valence-corrected chi connectivity index (χ2v) is 9.77. The Labute approximate surface area is 215 Å². The van der Waals surface area contributed by atoms with Crippen molar-refractivity contribution in [3.63, 3.8) is 0 Å². The van der Waals surface area contributed by atoms with E-state index < -0.39 is 0 Å². The number of aliphatic hydroxyl groups is 1. The molecular formula is C28H31FN6O2. The Morgan fingerprint density at radius 2 is 1.86 bits per heavy atom. The van der Waals surface area contributed by atoms with Crippen LogP contribution in [0.5, 0.6) is 0 Å². The van der Waals surface area contributed by atoms with Gasteiger partial charge in [-0.15, -0.1) is 5.10 Å². The van der Waals surface area contributed by atoms with Gasteiger partial charge in [0.2, 0.25) is 0 Å². The number of imidazole rings is 1. The molecule has 2 fully saturated rings. The van der Waals surface area contributed by atoms with Crippen molar-refractivity contribution < 1.29 is 14.2 Å². The fraction of sp³-hybridized carbons (Fsp3) is 0.393. The standard InChI is InChI=1S/C28H31FN6O2/c29-22-4-1-3-21(17-22)25-19-37-16-14-34(25)28-8-7-26-30-18-24(35(26)32-28)23-5-2-6-27(31-23)33-12-9-20(10-13-33)11-15-36/h1-8,17-18,20,25,36H,9-16,19H2. The number of anilines is 2. The highest BCUT2D eigenvalue weighted by atomic mass is 19.1. The molecule has 5 heterocycles. The van der Waals surface area contributed by atoms with Gasteiger partial charge in [0, 0.05) is 26.2 Å². The summed E-state index contributed by atoms with van der Waals surface area (Å²) < 4.78 is 21.6. The van der Waals surface area contributed by atoms with Crippen molar-refractivity contribution >= 4 is 17.3 Å². The molecule has 1 unspecified atom stereocenters. The van der Waals surface area contributed by atoms with E-state index >= 15 is 0 Å². The monoisotopic (exact) mass is 502 g/mol. The molecule has 2 saturated heterocycles. The summed E-state index contributed by atoms with van der Waals surface area (Å²) in [6.07, 6.45) is 4.83. The lowest BCUT2D eigenvalue weighted by molar-refractivity contribution is 0.0935. The Morgan fingerprint density at radius 3 is 2.70 bits per heavy atom. The molecule has 2 aliphatic rings. The summed E-state index contributed by atoms with van der Waals surface area (Å²) in [5.41, 5.74) is 3.25. The molecule has 1 N–H and O–H groups in total. The number of morpholine rings is 1. The van der Waals surface area contributed by atoms with E-state index in [0.717, 1.165) is 66.6 Å². The molecule has 0 amide bonds. The average Bonchev–Trinajstić information content (AvgIpc) is 3.37. The molecule has 0 saturated carbocycles. The predicted octanol–water partition coefficient (Wildman–Crippen LogP) is 4.11. The molecule has 4 aromatic rings. The number of ether oxygens (including phenoxy) is 1. The Hall–Kier alpha value is -3.56. The van der Waals surface area contributed by atoms with Crippen LogP contribution >= 0.6 is 0 Å². The number of nitrogens with zero attached hydrogens (tertiary/aromatic N) is 6. The Kier molecular flexibility index (Phi) is 6.72. The number of pyridine rings is 1. The predicted molar refractivity (Wildman–Crippen MR) is 140 cm³/mol. The first-order valence-corrected chi connectivity index (χ1v) is 13.0. The smallest absolute Gasteiger partial charge is 0.154 e. The highest BCUT2D eigenvalue weighted by molar-refractivity contribution is 5.62. The van der Waals surface area contributed by atoms with Crippen LogP contribution in [0.3, 0.4) is 0 Å². The second kappa shape index (κ2) is 10.4. The van der Waals surface area contributed by atoms with Crippen LogP contribution in [0, 0.1) is 11.7 Å². The third-order valence-corrected chi connectivity index (χ3v) is 7.48. The van der Waals surface area contributed by atoms with Crippen molar-refractivity contribution in [2.75, 3.05) is 49.3 Å². The third-order valence-electron chi connectivity index (χ3n) is 7.48. The van der Waals surface area contributed by atoms with Crippen molar-refractivity contribution in [3.05, 3.63) is 72.2 Å².